The number of hydrogen-bond acceptors (Lipinski definition) is 3. The van der Waals surface area contributed by atoms with Gasteiger partial charge in [0.15, 0.2) is 6.29 Å². The van der Waals surface area contributed by atoms with Crippen molar-refractivity contribution >= 4 is 12.3 Å². The number of aromatic carboxylic acids is 1. The summed E-state index contributed by atoms with van der Waals surface area (Å²) in [6, 6.07) is 0. The lowest BCUT2D eigenvalue weighted by Crippen LogP contribution is -2.05. The summed E-state index contributed by atoms with van der Waals surface area (Å²) < 4.78 is 5.58. The molecule has 1 rings (SSSR count). The van der Waals surface area contributed by atoms with E-state index in [1.165, 1.54) is 0 Å². The molecule has 1 heterocycles. The average Bonchev–Trinajstić information content (AvgIpc) is 2.67. The maximum Gasteiger partial charge on any atom is 0.340 e. The molecule has 1 unspecified atom stereocenters. The Morgan fingerprint density at radius 1 is 1.47 bits per heavy atom. The van der Waals surface area contributed by atoms with E-state index < -0.39 is 5.97 Å². The van der Waals surface area contributed by atoms with Crippen molar-refractivity contribution in [3.05, 3.63) is 22.6 Å². The summed E-state index contributed by atoms with van der Waals surface area (Å²) in [6.07, 6.45) is 2.76. The Morgan fingerprint density at radius 2 is 2.12 bits per heavy atom. The Morgan fingerprint density at radius 3 is 2.53 bits per heavy atom. The van der Waals surface area contributed by atoms with Crippen LogP contribution in [0.4, 0.5) is 0 Å². The van der Waals surface area contributed by atoms with E-state index in [1.54, 1.807) is 0 Å². The lowest BCUT2D eigenvalue weighted by Gasteiger charge is -2.05. The van der Waals surface area contributed by atoms with Crippen molar-refractivity contribution in [3.8, 4) is 0 Å². The Hall–Kier alpha value is -1.58. The lowest BCUT2D eigenvalue weighted by atomic mass is 9.99. The SMILES string of the molecule is CCCc1oc(C(C)CC)c(C(=O)O)c1C=O. The second-order valence-corrected chi connectivity index (χ2v) is 4.16. The topological polar surface area (TPSA) is 67.5 Å². The third kappa shape index (κ3) is 2.57. The molecule has 0 bridgehead atoms. The summed E-state index contributed by atoms with van der Waals surface area (Å²) in [7, 11) is 0. The first kappa shape index (κ1) is 13.5. The first-order valence-electron chi connectivity index (χ1n) is 5.90. The van der Waals surface area contributed by atoms with Crippen molar-refractivity contribution < 1.29 is 19.1 Å². The van der Waals surface area contributed by atoms with Gasteiger partial charge in [0, 0.05) is 12.3 Å². The molecule has 0 aliphatic carbocycles. The Labute approximate surface area is 101 Å². The zero-order valence-corrected chi connectivity index (χ0v) is 10.4. The van der Waals surface area contributed by atoms with Crippen molar-refractivity contribution in [2.24, 2.45) is 0 Å². The van der Waals surface area contributed by atoms with Crippen LogP contribution in [-0.4, -0.2) is 17.4 Å². The number of carbonyl (C=O) groups excluding carboxylic acids is 1. The van der Waals surface area contributed by atoms with Gasteiger partial charge >= 0.3 is 5.97 Å². The van der Waals surface area contributed by atoms with Gasteiger partial charge in [-0.1, -0.05) is 20.8 Å². The molecule has 4 nitrogen and oxygen atoms in total. The van der Waals surface area contributed by atoms with Crippen LogP contribution in [0.5, 0.6) is 0 Å². The molecular formula is C13H18O4. The number of carbonyl (C=O) groups is 2. The molecule has 1 atom stereocenters. The molecule has 0 aliphatic heterocycles. The van der Waals surface area contributed by atoms with Crippen LogP contribution >= 0.6 is 0 Å². The van der Waals surface area contributed by atoms with Crippen LogP contribution in [0.1, 0.15) is 71.8 Å². The maximum atomic E-state index is 11.2. The standard InChI is InChI=1S/C13H18O4/c1-4-6-10-9(7-14)11(13(15)16)12(17-10)8(3)5-2/h7-8H,4-6H2,1-3H3,(H,15,16). The molecule has 1 aromatic heterocycles. The highest BCUT2D eigenvalue weighted by atomic mass is 16.4. The predicted molar refractivity (Wildman–Crippen MR) is 63.8 cm³/mol. The number of hydrogen-bond donors (Lipinski definition) is 1. The molecule has 0 aromatic carbocycles. The fourth-order valence-corrected chi connectivity index (χ4v) is 1.80. The van der Waals surface area contributed by atoms with Gasteiger partial charge in [0.2, 0.25) is 0 Å². The van der Waals surface area contributed by atoms with Gasteiger partial charge in [0.25, 0.3) is 0 Å². The summed E-state index contributed by atoms with van der Waals surface area (Å²) in [4.78, 5) is 22.2. The van der Waals surface area contributed by atoms with Crippen LogP contribution in [0.2, 0.25) is 0 Å². The van der Waals surface area contributed by atoms with Crippen molar-refractivity contribution in [2.45, 2.75) is 46.0 Å². The van der Waals surface area contributed by atoms with E-state index in [0.29, 0.717) is 24.2 Å². The Balaban J connectivity index is 3.38. The molecule has 0 amide bonds. The fraction of sp³-hybridized carbons (Fsp3) is 0.538. The minimum Gasteiger partial charge on any atom is -0.478 e. The molecule has 0 fully saturated rings. The van der Waals surface area contributed by atoms with Gasteiger partial charge < -0.3 is 9.52 Å². The zero-order chi connectivity index (χ0) is 13.0. The van der Waals surface area contributed by atoms with Gasteiger partial charge in [-0.25, -0.2) is 4.79 Å². The fourth-order valence-electron chi connectivity index (χ4n) is 1.80. The number of furan rings is 1. The second kappa shape index (κ2) is 5.66. The van der Waals surface area contributed by atoms with Crippen molar-refractivity contribution in [1.82, 2.24) is 0 Å². The summed E-state index contributed by atoms with van der Waals surface area (Å²) in [5.74, 6) is -0.167. The number of aldehydes is 1. The number of aryl methyl sites for hydroxylation is 1. The molecule has 1 N–H and O–H groups in total. The third-order valence-corrected chi connectivity index (χ3v) is 2.92. The summed E-state index contributed by atoms with van der Waals surface area (Å²) in [6.45, 7) is 5.81. The van der Waals surface area contributed by atoms with Gasteiger partial charge in [-0.15, -0.1) is 0 Å². The summed E-state index contributed by atoms with van der Waals surface area (Å²) in [5, 5.41) is 9.18. The van der Waals surface area contributed by atoms with Gasteiger partial charge in [0.05, 0.1) is 5.56 Å². The molecule has 0 saturated heterocycles. The van der Waals surface area contributed by atoms with Crippen molar-refractivity contribution in [1.29, 1.82) is 0 Å². The first-order valence-corrected chi connectivity index (χ1v) is 5.90. The second-order valence-electron chi connectivity index (χ2n) is 4.16. The van der Waals surface area contributed by atoms with E-state index in [2.05, 4.69) is 0 Å². The van der Waals surface area contributed by atoms with Crippen LogP contribution < -0.4 is 0 Å². The van der Waals surface area contributed by atoms with Crippen LogP contribution in [-0.2, 0) is 6.42 Å². The van der Waals surface area contributed by atoms with Gasteiger partial charge in [-0.05, 0) is 12.8 Å². The molecule has 1 aromatic rings. The Bertz CT molecular complexity index is 417. The first-order chi connectivity index (χ1) is 8.06. The molecule has 0 spiro atoms. The summed E-state index contributed by atoms with van der Waals surface area (Å²) in [5.41, 5.74) is 0.243. The Kier molecular flexibility index (Phi) is 4.49. The van der Waals surface area contributed by atoms with E-state index in [1.807, 2.05) is 20.8 Å². The van der Waals surface area contributed by atoms with E-state index >= 15 is 0 Å². The largest absolute Gasteiger partial charge is 0.478 e. The van der Waals surface area contributed by atoms with Crippen LogP contribution in [0.25, 0.3) is 0 Å². The molecular weight excluding hydrogens is 220 g/mol. The highest BCUT2D eigenvalue weighted by Crippen LogP contribution is 2.30. The quantitative estimate of drug-likeness (QED) is 0.772. The van der Waals surface area contributed by atoms with E-state index in [4.69, 9.17) is 4.42 Å². The monoisotopic (exact) mass is 238 g/mol. The van der Waals surface area contributed by atoms with E-state index in [-0.39, 0.29) is 17.0 Å². The van der Waals surface area contributed by atoms with Crippen molar-refractivity contribution in [2.75, 3.05) is 0 Å². The molecule has 0 aliphatic rings. The normalized spacial score (nSPS) is 12.4. The number of carboxylic acid groups (broad SMARTS) is 1. The number of carboxylic acids is 1. The maximum absolute atomic E-state index is 11.2. The smallest absolute Gasteiger partial charge is 0.340 e. The minimum atomic E-state index is -1.09. The average molecular weight is 238 g/mol. The van der Waals surface area contributed by atoms with Crippen LogP contribution in [0.15, 0.2) is 4.42 Å². The predicted octanol–water partition coefficient (Wildman–Crippen LogP) is 3.26. The number of rotatable bonds is 6. The summed E-state index contributed by atoms with van der Waals surface area (Å²) >= 11 is 0. The van der Waals surface area contributed by atoms with Crippen molar-refractivity contribution in [3.63, 3.8) is 0 Å². The minimum absolute atomic E-state index is 0.00501. The van der Waals surface area contributed by atoms with Gasteiger partial charge in [0.1, 0.15) is 17.1 Å². The van der Waals surface area contributed by atoms with Crippen LogP contribution in [0.3, 0.4) is 0 Å². The zero-order valence-electron chi connectivity index (χ0n) is 10.4. The molecule has 0 saturated carbocycles. The molecule has 94 valence electrons. The van der Waals surface area contributed by atoms with Crippen LogP contribution in [0, 0.1) is 0 Å². The third-order valence-electron chi connectivity index (χ3n) is 2.92. The molecule has 17 heavy (non-hydrogen) atoms. The highest BCUT2D eigenvalue weighted by Gasteiger charge is 2.26. The van der Waals surface area contributed by atoms with Gasteiger partial charge in [-0.2, -0.15) is 0 Å². The molecule has 4 heteroatoms. The van der Waals surface area contributed by atoms with E-state index in [9.17, 15) is 14.7 Å². The lowest BCUT2D eigenvalue weighted by molar-refractivity contribution is 0.0691. The highest BCUT2D eigenvalue weighted by molar-refractivity contribution is 5.99. The van der Waals surface area contributed by atoms with Gasteiger partial charge in [-0.3, -0.25) is 4.79 Å². The molecule has 0 radical (unpaired) electrons. The van der Waals surface area contributed by atoms with E-state index in [0.717, 1.165) is 12.8 Å².